The number of aliphatic imine (C=N–C) groups is 1. The Labute approximate surface area is 179 Å². The van der Waals surface area contributed by atoms with E-state index in [4.69, 9.17) is 14.2 Å². The van der Waals surface area contributed by atoms with Gasteiger partial charge in [0.15, 0.2) is 16.7 Å². The van der Waals surface area contributed by atoms with Gasteiger partial charge in [-0.3, -0.25) is 9.69 Å². The van der Waals surface area contributed by atoms with Gasteiger partial charge in [-0.05, 0) is 60.7 Å². The maximum Gasteiger partial charge on any atom is 0.338 e. The van der Waals surface area contributed by atoms with Crippen LogP contribution < -0.4 is 9.47 Å². The number of hydrogen-bond acceptors (Lipinski definition) is 7. The topological polar surface area (TPSA) is 77.4 Å². The van der Waals surface area contributed by atoms with Crippen molar-refractivity contribution in [3.63, 3.8) is 0 Å². The van der Waals surface area contributed by atoms with Gasteiger partial charge >= 0.3 is 5.97 Å². The molecule has 2 aromatic carbocycles. The minimum Gasteiger partial charge on any atom is -0.493 e. The Balaban J connectivity index is 1.87. The van der Waals surface area contributed by atoms with E-state index in [1.54, 1.807) is 70.7 Å². The number of esters is 1. The van der Waals surface area contributed by atoms with E-state index in [0.717, 1.165) is 5.56 Å². The molecule has 0 bridgehead atoms. The normalized spacial score (nSPS) is 16.3. The van der Waals surface area contributed by atoms with Crippen LogP contribution in [-0.4, -0.2) is 49.8 Å². The predicted molar refractivity (Wildman–Crippen MR) is 117 cm³/mol. The van der Waals surface area contributed by atoms with Crippen LogP contribution in [-0.2, 0) is 9.53 Å². The van der Waals surface area contributed by atoms with Crippen molar-refractivity contribution in [1.29, 1.82) is 0 Å². The number of hydrogen-bond donors (Lipinski definition) is 0. The van der Waals surface area contributed by atoms with Gasteiger partial charge in [0.05, 0.1) is 37.0 Å². The van der Waals surface area contributed by atoms with Crippen LogP contribution in [0.4, 0.5) is 5.69 Å². The summed E-state index contributed by atoms with van der Waals surface area (Å²) in [7, 11) is 4.80. The summed E-state index contributed by atoms with van der Waals surface area (Å²) in [4.78, 5) is 31.2. The van der Waals surface area contributed by atoms with Crippen LogP contribution in [0.2, 0.25) is 0 Å². The number of methoxy groups -OCH3 is 2. The quantitative estimate of drug-likeness (QED) is 0.511. The molecule has 0 unspecified atom stereocenters. The summed E-state index contributed by atoms with van der Waals surface area (Å²) in [6.45, 7) is 2.05. The lowest BCUT2D eigenvalue weighted by molar-refractivity contribution is -0.121. The summed E-state index contributed by atoms with van der Waals surface area (Å²) in [5.74, 6) is 0.637. The summed E-state index contributed by atoms with van der Waals surface area (Å²) >= 11 is 1.26. The third kappa shape index (κ3) is 4.65. The average Bonchev–Trinajstić information content (AvgIpc) is 3.01. The van der Waals surface area contributed by atoms with Crippen molar-refractivity contribution in [3.8, 4) is 11.5 Å². The first-order chi connectivity index (χ1) is 14.5. The van der Waals surface area contributed by atoms with E-state index in [1.165, 1.54) is 16.7 Å². The number of benzene rings is 2. The van der Waals surface area contributed by atoms with Gasteiger partial charge in [0.25, 0.3) is 5.91 Å². The second-order valence-corrected chi connectivity index (χ2v) is 7.26. The van der Waals surface area contributed by atoms with Crippen LogP contribution in [0.25, 0.3) is 6.08 Å². The molecule has 0 atom stereocenters. The molecule has 1 aliphatic heterocycles. The number of ether oxygens (including phenoxy) is 3. The van der Waals surface area contributed by atoms with Crippen LogP contribution >= 0.6 is 11.8 Å². The lowest BCUT2D eigenvalue weighted by Crippen LogP contribution is -2.23. The van der Waals surface area contributed by atoms with Crippen LogP contribution in [0, 0.1) is 0 Å². The number of carbonyl (C=O) groups excluding carboxylic acids is 2. The van der Waals surface area contributed by atoms with E-state index < -0.39 is 5.97 Å². The van der Waals surface area contributed by atoms with Crippen molar-refractivity contribution in [2.45, 2.75) is 6.92 Å². The minimum absolute atomic E-state index is 0.157. The maximum absolute atomic E-state index is 12.7. The number of amidine groups is 1. The molecular weight excluding hydrogens is 404 g/mol. The second kappa shape index (κ2) is 9.49. The van der Waals surface area contributed by atoms with E-state index in [1.807, 2.05) is 6.07 Å². The third-order valence-electron chi connectivity index (χ3n) is 4.29. The van der Waals surface area contributed by atoms with E-state index in [0.29, 0.717) is 39.4 Å². The Morgan fingerprint density at radius 2 is 1.90 bits per heavy atom. The highest BCUT2D eigenvalue weighted by Crippen LogP contribution is 2.35. The molecule has 3 rings (SSSR count). The molecule has 1 amide bonds. The van der Waals surface area contributed by atoms with Crippen LogP contribution in [0.1, 0.15) is 22.8 Å². The van der Waals surface area contributed by atoms with Crippen molar-refractivity contribution < 1.29 is 23.8 Å². The van der Waals surface area contributed by atoms with Gasteiger partial charge in [0.2, 0.25) is 0 Å². The molecule has 0 radical (unpaired) electrons. The lowest BCUT2D eigenvalue weighted by Gasteiger charge is -2.08. The van der Waals surface area contributed by atoms with Crippen LogP contribution in [0.3, 0.4) is 0 Å². The first-order valence-electron chi connectivity index (χ1n) is 9.22. The molecule has 0 spiro atoms. The molecular formula is C22H22N2O5S. The molecule has 1 aliphatic rings. The standard InChI is InChI=1S/C22H22N2O5S/c1-5-29-21(26)15-7-6-8-16(13-15)23-22-24(2)20(25)19(30-22)12-14-9-10-17(27-3)18(11-14)28-4/h6-13H,5H2,1-4H3. The first-order valence-corrected chi connectivity index (χ1v) is 10.0. The van der Waals surface area contributed by atoms with Crippen LogP contribution in [0.15, 0.2) is 52.4 Å². The van der Waals surface area contributed by atoms with Gasteiger partial charge in [-0.25, -0.2) is 9.79 Å². The average molecular weight is 426 g/mol. The van der Waals surface area contributed by atoms with Gasteiger partial charge in [0.1, 0.15) is 0 Å². The van der Waals surface area contributed by atoms with Gasteiger partial charge in [-0.2, -0.15) is 0 Å². The molecule has 7 nitrogen and oxygen atoms in total. The highest BCUT2D eigenvalue weighted by atomic mass is 32.2. The molecule has 2 aromatic rings. The van der Waals surface area contributed by atoms with E-state index in [-0.39, 0.29) is 5.91 Å². The van der Waals surface area contributed by atoms with Crippen molar-refractivity contribution in [2.24, 2.45) is 4.99 Å². The molecule has 1 heterocycles. The lowest BCUT2D eigenvalue weighted by atomic mass is 10.2. The highest BCUT2D eigenvalue weighted by Gasteiger charge is 2.30. The SMILES string of the molecule is CCOC(=O)c1cccc(N=C2SC(=Cc3ccc(OC)c(OC)c3)C(=O)N2C)c1. The number of nitrogens with zero attached hydrogens (tertiary/aromatic N) is 2. The minimum atomic E-state index is -0.405. The van der Waals surface area contributed by atoms with E-state index in [2.05, 4.69) is 4.99 Å². The van der Waals surface area contributed by atoms with Gasteiger partial charge in [-0.15, -0.1) is 0 Å². The van der Waals surface area contributed by atoms with Crippen molar-refractivity contribution in [1.82, 2.24) is 4.90 Å². The van der Waals surface area contributed by atoms with Gasteiger partial charge in [-0.1, -0.05) is 12.1 Å². The summed E-state index contributed by atoms with van der Waals surface area (Å²) in [5.41, 5.74) is 1.79. The summed E-state index contributed by atoms with van der Waals surface area (Å²) in [6, 6.07) is 12.2. The van der Waals surface area contributed by atoms with E-state index in [9.17, 15) is 9.59 Å². The van der Waals surface area contributed by atoms with Crippen LogP contribution in [0.5, 0.6) is 11.5 Å². The number of rotatable bonds is 6. The fourth-order valence-corrected chi connectivity index (χ4v) is 3.76. The monoisotopic (exact) mass is 426 g/mol. The Morgan fingerprint density at radius 1 is 1.13 bits per heavy atom. The summed E-state index contributed by atoms with van der Waals surface area (Å²) < 4.78 is 15.6. The molecule has 8 heteroatoms. The predicted octanol–water partition coefficient (Wildman–Crippen LogP) is 4.11. The third-order valence-corrected chi connectivity index (χ3v) is 5.35. The van der Waals surface area contributed by atoms with Crippen molar-refractivity contribution in [3.05, 3.63) is 58.5 Å². The fourth-order valence-electron chi connectivity index (χ4n) is 2.77. The summed E-state index contributed by atoms with van der Waals surface area (Å²) in [5, 5.41) is 0.521. The molecule has 1 fully saturated rings. The second-order valence-electron chi connectivity index (χ2n) is 6.25. The number of carbonyl (C=O) groups is 2. The van der Waals surface area contributed by atoms with E-state index >= 15 is 0 Å². The molecule has 156 valence electrons. The smallest absolute Gasteiger partial charge is 0.338 e. The zero-order chi connectivity index (χ0) is 21.7. The fraction of sp³-hybridized carbons (Fsp3) is 0.227. The molecule has 0 saturated carbocycles. The maximum atomic E-state index is 12.7. The van der Waals surface area contributed by atoms with Crippen molar-refractivity contribution in [2.75, 3.05) is 27.9 Å². The Kier molecular flexibility index (Phi) is 6.79. The van der Waals surface area contributed by atoms with Gasteiger partial charge in [0, 0.05) is 7.05 Å². The molecule has 0 aliphatic carbocycles. The van der Waals surface area contributed by atoms with Crippen molar-refractivity contribution >= 4 is 40.6 Å². The number of likely N-dealkylation sites (N-methyl/N-ethyl adjacent to an activating group) is 1. The molecule has 0 aromatic heterocycles. The Bertz CT molecular complexity index is 1030. The molecule has 0 N–H and O–H groups in total. The zero-order valence-electron chi connectivity index (χ0n) is 17.2. The largest absolute Gasteiger partial charge is 0.493 e. The Hall–Kier alpha value is -3.26. The molecule has 30 heavy (non-hydrogen) atoms. The number of amides is 1. The van der Waals surface area contributed by atoms with Gasteiger partial charge < -0.3 is 14.2 Å². The first kappa shape index (κ1) is 21.4. The Morgan fingerprint density at radius 3 is 2.60 bits per heavy atom. The number of thioether (sulfide) groups is 1. The highest BCUT2D eigenvalue weighted by molar-refractivity contribution is 8.18. The summed E-state index contributed by atoms with van der Waals surface area (Å²) in [6.07, 6.45) is 1.78. The molecule has 1 saturated heterocycles. The zero-order valence-corrected chi connectivity index (χ0v) is 18.0.